The van der Waals surface area contributed by atoms with Crippen LogP contribution in [0.25, 0.3) is 0 Å². The van der Waals surface area contributed by atoms with E-state index < -0.39 is 0 Å². The fraction of sp³-hybridized carbons (Fsp3) is 0.308. The van der Waals surface area contributed by atoms with Crippen molar-refractivity contribution in [1.29, 1.82) is 0 Å². The number of aryl methyl sites for hydroxylation is 2. The Labute approximate surface area is 163 Å². The van der Waals surface area contributed by atoms with Crippen molar-refractivity contribution in [2.24, 2.45) is 0 Å². The molecule has 0 fully saturated rings. The monoisotopic (exact) mass is 355 g/mol. The van der Waals surface area contributed by atoms with Crippen LogP contribution in [0.15, 0.2) is 66.7 Å². The molecular formula is C26H29N. The number of nitrogens with zero attached hydrogens (tertiary/aromatic N) is 1. The van der Waals surface area contributed by atoms with Crippen molar-refractivity contribution in [2.75, 3.05) is 4.90 Å². The molecule has 0 unspecified atom stereocenters. The summed E-state index contributed by atoms with van der Waals surface area (Å²) in [6.45, 7) is 8.98. The highest BCUT2D eigenvalue weighted by Crippen LogP contribution is 2.38. The SMILES string of the molecule is CC(C)c1ccc(N(c2ccc(C(C)C)cc2)c2ccc3c(c2)CC3)cc1. The average molecular weight is 356 g/mol. The molecule has 27 heavy (non-hydrogen) atoms. The van der Waals surface area contributed by atoms with Crippen molar-refractivity contribution in [2.45, 2.75) is 52.4 Å². The van der Waals surface area contributed by atoms with E-state index in [1.165, 1.54) is 52.2 Å². The summed E-state index contributed by atoms with van der Waals surface area (Å²) in [5, 5.41) is 0. The zero-order valence-corrected chi connectivity index (χ0v) is 16.9. The lowest BCUT2D eigenvalue weighted by Gasteiger charge is -2.29. The van der Waals surface area contributed by atoms with Crippen LogP contribution in [0, 0.1) is 0 Å². The van der Waals surface area contributed by atoms with Crippen LogP contribution in [-0.2, 0) is 12.8 Å². The fourth-order valence-electron chi connectivity index (χ4n) is 3.78. The number of rotatable bonds is 5. The fourth-order valence-corrected chi connectivity index (χ4v) is 3.78. The third kappa shape index (κ3) is 3.51. The zero-order valence-electron chi connectivity index (χ0n) is 16.9. The van der Waals surface area contributed by atoms with E-state index in [-0.39, 0.29) is 0 Å². The smallest absolute Gasteiger partial charge is 0.0464 e. The second-order valence-corrected chi connectivity index (χ2v) is 8.28. The Morgan fingerprint density at radius 1 is 0.556 bits per heavy atom. The van der Waals surface area contributed by atoms with Crippen molar-refractivity contribution in [3.05, 3.63) is 89.0 Å². The van der Waals surface area contributed by atoms with Gasteiger partial charge in [0.15, 0.2) is 0 Å². The summed E-state index contributed by atoms with van der Waals surface area (Å²) in [5.74, 6) is 1.10. The minimum atomic E-state index is 0.550. The maximum absolute atomic E-state index is 2.38. The maximum atomic E-state index is 2.38. The number of anilines is 3. The molecule has 138 valence electrons. The summed E-state index contributed by atoms with van der Waals surface area (Å²) >= 11 is 0. The lowest BCUT2D eigenvalue weighted by molar-refractivity contribution is 0.839. The molecule has 1 nitrogen and oxygen atoms in total. The molecule has 0 saturated heterocycles. The summed E-state index contributed by atoms with van der Waals surface area (Å²) in [6, 6.07) is 25.0. The first kappa shape index (κ1) is 17.9. The molecule has 0 heterocycles. The molecule has 0 spiro atoms. The molecule has 0 radical (unpaired) electrons. The van der Waals surface area contributed by atoms with Gasteiger partial charge in [-0.15, -0.1) is 0 Å². The standard InChI is InChI=1S/C26H29N/c1-18(2)20-7-12-24(13-8-20)27(25-14-9-21(10-15-25)19(3)4)26-16-11-22-5-6-23(22)17-26/h7-19H,5-6H2,1-4H3. The number of fused-ring (bicyclic) bond motifs is 1. The minimum absolute atomic E-state index is 0.550. The Bertz CT molecular complexity index is 866. The summed E-state index contributed by atoms with van der Waals surface area (Å²) < 4.78 is 0. The predicted molar refractivity (Wildman–Crippen MR) is 117 cm³/mol. The molecular weight excluding hydrogens is 326 g/mol. The lowest BCUT2D eigenvalue weighted by atomic mass is 9.88. The topological polar surface area (TPSA) is 3.24 Å². The first-order valence-corrected chi connectivity index (χ1v) is 10.1. The van der Waals surface area contributed by atoms with Crippen molar-refractivity contribution < 1.29 is 0 Å². The summed E-state index contributed by atoms with van der Waals surface area (Å²) in [6.07, 6.45) is 2.43. The van der Waals surface area contributed by atoms with Gasteiger partial charge in [0.05, 0.1) is 0 Å². The van der Waals surface area contributed by atoms with Gasteiger partial charge in [0.25, 0.3) is 0 Å². The maximum Gasteiger partial charge on any atom is 0.0464 e. The van der Waals surface area contributed by atoms with Crippen molar-refractivity contribution in [3.8, 4) is 0 Å². The van der Waals surface area contributed by atoms with Crippen molar-refractivity contribution in [3.63, 3.8) is 0 Å². The van der Waals surface area contributed by atoms with Crippen molar-refractivity contribution in [1.82, 2.24) is 0 Å². The van der Waals surface area contributed by atoms with Crippen LogP contribution in [0.4, 0.5) is 17.1 Å². The number of hydrogen-bond acceptors (Lipinski definition) is 1. The molecule has 3 aromatic rings. The normalized spacial score (nSPS) is 12.8. The number of hydrogen-bond donors (Lipinski definition) is 0. The van der Waals surface area contributed by atoms with E-state index in [0.717, 1.165) is 0 Å². The molecule has 1 heteroatoms. The Morgan fingerprint density at radius 3 is 1.37 bits per heavy atom. The van der Waals surface area contributed by atoms with Crippen LogP contribution in [0.2, 0.25) is 0 Å². The van der Waals surface area contributed by atoms with Gasteiger partial charge >= 0.3 is 0 Å². The lowest BCUT2D eigenvalue weighted by Crippen LogP contribution is -2.14. The van der Waals surface area contributed by atoms with E-state index in [2.05, 4.69) is 99.3 Å². The molecule has 0 saturated carbocycles. The van der Waals surface area contributed by atoms with Gasteiger partial charge in [0, 0.05) is 17.1 Å². The van der Waals surface area contributed by atoms with Gasteiger partial charge in [-0.2, -0.15) is 0 Å². The zero-order chi connectivity index (χ0) is 19.0. The highest BCUT2D eigenvalue weighted by Gasteiger charge is 2.18. The molecule has 4 rings (SSSR count). The molecule has 1 aliphatic carbocycles. The quantitative estimate of drug-likeness (QED) is 0.458. The molecule has 0 aromatic heterocycles. The van der Waals surface area contributed by atoms with Gasteiger partial charge < -0.3 is 4.90 Å². The Kier molecular flexibility index (Phi) is 4.78. The Hall–Kier alpha value is -2.54. The van der Waals surface area contributed by atoms with Gasteiger partial charge in [0.1, 0.15) is 0 Å². The van der Waals surface area contributed by atoms with E-state index in [4.69, 9.17) is 0 Å². The summed E-state index contributed by atoms with van der Waals surface area (Å²) in [5.41, 5.74) is 9.45. The van der Waals surface area contributed by atoms with E-state index in [9.17, 15) is 0 Å². The van der Waals surface area contributed by atoms with Crippen molar-refractivity contribution >= 4 is 17.1 Å². The Morgan fingerprint density at radius 2 is 1.00 bits per heavy atom. The van der Waals surface area contributed by atoms with E-state index in [1.807, 2.05) is 0 Å². The third-order valence-electron chi connectivity index (χ3n) is 5.75. The number of benzene rings is 3. The second kappa shape index (κ2) is 7.23. The first-order valence-electron chi connectivity index (χ1n) is 10.1. The minimum Gasteiger partial charge on any atom is -0.310 e. The molecule has 0 bridgehead atoms. The molecule has 3 aromatic carbocycles. The highest BCUT2D eigenvalue weighted by molar-refractivity contribution is 5.77. The van der Waals surface area contributed by atoms with Gasteiger partial charge in [-0.1, -0.05) is 58.0 Å². The highest BCUT2D eigenvalue weighted by atomic mass is 15.1. The Balaban J connectivity index is 1.77. The third-order valence-corrected chi connectivity index (χ3v) is 5.75. The largest absolute Gasteiger partial charge is 0.310 e. The molecule has 0 amide bonds. The predicted octanol–water partition coefficient (Wildman–Crippen LogP) is 7.50. The summed E-state index contributed by atoms with van der Waals surface area (Å²) in [7, 11) is 0. The average Bonchev–Trinajstić information content (AvgIpc) is 2.65. The molecule has 0 N–H and O–H groups in total. The van der Waals surface area contributed by atoms with Crippen LogP contribution in [-0.4, -0.2) is 0 Å². The second-order valence-electron chi connectivity index (χ2n) is 8.28. The van der Waals surface area contributed by atoms with E-state index in [1.54, 1.807) is 0 Å². The molecule has 0 atom stereocenters. The summed E-state index contributed by atoms with van der Waals surface area (Å²) in [4.78, 5) is 2.38. The molecule has 1 aliphatic rings. The van der Waals surface area contributed by atoms with E-state index in [0.29, 0.717) is 11.8 Å². The van der Waals surface area contributed by atoms with E-state index >= 15 is 0 Å². The molecule has 0 aliphatic heterocycles. The van der Waals surface area contributed by atoms with Gasteiger partial charge in [-0.25, -0.2) is 0 Å². The van der Waals surface area contributed by atoms with Crippen LogP contribution in [0.3, 0.4) is 0 Å². The van der Waals surface area contributed by atoms with Crippen LogP contribution in [0.1, 0.15) is 61.8 Å². The van der Waals surface area contributed by atoms with Crippen LogP contribution < -0.4 is 4.90 Å². The van der Waals surface area contributed by atoms with Gasteiger partial charge in [0.2, 0.25) is 0 Å². The van der Waals surface area contributed by atoms with Gasteiger partial charge in [-0.05, 0) is 83.3 Å². The van der Waals surface area contributed by atoms with Gasteiger partial charge in [-0.3, -0.25) is 0 Å². The van der Waals surface area contributed by atoms with Crippen LogP contribution >= 0.6 is 0 Å². The van der Waals surface area contributed by atoms with Crippen LogP contribution in [0.5, 0.6) is 0 Å². The first-order chi connectivity index (χ1) is 13.0.